The highest BCUT2D eigenvalue weighted by Gasteiger charge is 2.15. The van der Waals surface area contributed by atoms with Crippen molar-refractivity contribution in [2.45, 2.75) is 118 Å². The number of amides is 1. The molecule has 8 nitrogen and oxygen atoms in total. The van der Waals surface area contributed by atoms with Crippen molar-refractivity contribution in [3.05, 3.63) is 0 Å². The Morgan fingerprint density at radius 3 is 1.77 bits per heavy atom. The highest BCUT2D eigenvalue weighted by Crippen LogP contribution is 2.09. The topological polar surface area (TPSA) is 82.5 Å². The molecule has 0 bridgehead atoms. The summed E-state index contributed by atoms with van der Waals surface area (Å²) in [6.07, 6.45) is 14.0. The Hall–Kier alpha value is -1.38. The maximum Gasteiger partial charge on any atom is 0.409 e. The minimum absolute atomic E-state index is 0.106. The number of aliphatic hydroxyl groups is 1. The summed E-state index contributed by atoms with van der Waals surface area (Å²) in [7, 11) is 0. The molecule has 0 aromatic rings. The molecule has 0 rings (SSSR count). The van der Waals surface area contributed by atoms with Crippen molar-refractivity contribution >= 4 is 12.1 Å². The average Bonchev–Trinajstić information content (AvgIpc) is 2.93. The van der Waals surface area contributed by atoms with Crippen LogP contribution in [0.15, 0.2) is 0 Å². The maximum atomic E-state index is 12.9. The highest BCUT2D eigenvalue weighted by molar-refractivity contribution is 5.69. The van der Waals surface area contributed by atoms with E-state index in [2.05, 4.69) is 37.5 Å². The smallest absolute Gasteiger partial charge is 0.409 e. The minimum atomic E-state index is -0.249. The first-order valence-electron chi connectivity index (χ1n) is 16.1. The van der Waals surface area contributed by atoms with Crippen molar-refractivity contribution in [1.82, 2.24) is 14.7 Å². The molecule has 1 amide bonds. The normalized spacial score (nSPS) is 11.4. The largest absolute Gasteiger partial charge is 0.466 e. The van der Waals surface area contributed by atoms with Gasteiger partial charge in [-0.25, -0.2) is 4.79 Å². The molecule has 0 atom stereocenters. The molecule has 0 aliphatic carbocycles. The SMILES string of the molecule is CCCCCCCOC(=O)CCCCCN(CCCCCC)C(=O)OCCN(CCO)CCCN(CC)CC. The lowest BCUT2D eigenvalue weighted by Crippen LogP contribution is -2.37. The zero-order valence-corrected chi connectivity index (χ0v) is 26.1. The van der Waals surface area contributed by atoms with Gasteiger partial charge in [0.2, 0.25) is 0 Å². The third kappa shape index (κ3) is 23.1. The number of rotatable bonds is 28. The van der Waals surface area contributed by atoms with E-state index >= 15 is 0 Å². The van der Waals surface area contributed by atoms with Crippen molar-refractivity contribution in [3.8, 4) is 0 Å². The standard InChI is InChI=1S/C31H63N3O5/c1-5-9-11-13-18-28-38-30(36)20-15-14-17-24-34(23-16-12-10-6-2)31(37)39-29-26-33(25-27-35)22-19-21-32(7-3)8-4/h35H,5-29H2,1-4H3. The van der Waals surface area contributed by atoms with E-state index in [1.807, 2.05) is 4.90 Å². The Morgan fingerprint density at radius 1 is 0.564 bits per heavy atom. The summed E-state index contributed by atoms with van der Waals surface area (Å²) >= 11 is 0. The van der Waals surface area contributed by atoms with Gasteiger partial charge in [-0.3, -0.25) is 9.69 Å². The molecular formula is C31H63N3O5. The van der Waals surface area contributed by atoms with Crippen LogP contribution in [-0.4, -0.2) is 104 Å². The number of carbonyl (C=O) groups excluding carboxylic acids is 2. The van der Waals surface area contributed by atoms with Crippen molar-refractivity contribution in [3.63, 3.8) is 0 Å². The zero-order chi connectivity index (χ0) is 29.0. The molecule has 1 N–H and O–H groups in total. The van der Waals surface area contributed by atoms with E-state index < -0.39 is 0 Å². The molecule has 0 saturated heterocycles. The fraction of sp³-hybridized carbons (Fsp3) is 0.935. The summed E-state index contributed by atoms with van der Waals surface area (Å²) in [5, 5.41) is 9.44. The number of nitrogens with zero attached hydrogens (tertiary/aromatic N) is 3. The summed E-state index contributed by atoms with van der Waals surface area (Å²) in [5.74, 6) is -0.106. The Morgan fingerprint density at radius 2 is 1.15 bits per heavy atom. The first-order chi connectivity index (χ1) is 19.0. The second-order valence-corrected chi connectivity index (χ2v) is 10.6. The van der Waals surface area contributed by atoms with Crippen LogP contribution in [0.1, 0.15) is 118 Å². The van der Waals surface area contributed by atoms with E-state index in [9.17, 15) is 14.7 Å². The van der Waals surface area contributed by atoms with E-state index in [0.29, 0.717) is 45.8 Å². The van der Waals surface area contributed by atoms with Crippen molar-refractivity contribution in [1.29, 1.82) is 0 Å². The lowest BCUT2D eigenvalue weighted by molar-refractivity contribution is -0.143. The van der Waals surface area contributed by atoms with Crippen LogP contribution in [0, 0.1) is 0 Å². The van der Waals surface area contributed by atoms with Gasteiger partial charge in [-0.2, -0.15) is 0 Å². The van der Waals surface area contributed by atoms with Crippen LogP contribution in [0.3, 0.4) is 0 Å². The predicted molar refractivity (Wildman–Crippen MR) is 161 cm³/mol. The molecule has 0 radical (unpaired) electrons. The molecule has 0 saturated carbocycles. The van der Waals surface area contributed by atoms with Crippen LogP contribution in [0.4, 0.5) is 4.79 Å². The lowest BCUT2D eigenvalue weighted by Gasteiger charge is -2.25. The van der Waals surface area contributed by atoms with Crippen molar-refractivity contribution < 1.29 is 24.2 Å². The summed E-state index contributed by atoms with van der Waals surface area (Å²) in [5.41, 5.74) is 0. The van der Waals surface area contributed by atoms with Gasteiger partial charge in [0, 0.05) is 32.6 Å². The molecule has 0 fully saturated rings. The number of carbonyl (C=O) groups is 2. The predicted octanol–water partition coefficient (Wildman–Crippen LogP) is 6.11. The highest BCUT2D eigenvalue weighted by atomic mass is 16.6. The van der Waals surface area contributed by atoms with Crippen LogP contribution in [-0.2, 0) is 14.3 Å². The molecule has 0 aliphatic rings. The number of hydrogen-bond donors (Lipinski definition) is 1. The molecule has 232 valence electrons. The summed E-state index contributed by atoms with van der Waals surface area (Å²) in [6, 6.07) is 0. The van der Waals surface area contributed by atoms with E-state index in [1.54, 1.807) is 0 Å². The maximum absolute atomic E-state index is 12.9. The Bertz CT molecular complexity index is 560. The number of esters is 1. The second-order valence-electron chi connectivity index (χ2n) is 10.6. The van der Waals surface area contributed by atoms with Gasteiger partial charge < -0.3 is 24.4 Å². The summed E-state index contributed by atoms with van der Waals surface area (Å²) in [4.78, 5) is 31.2. The third-order valence-electron chi connectivity index (χ3n) is 7.25. The molecule has 0 aromatic heterocycles. The van der Waals surface area contributed by atoms with Crippen molar-refractivity contribution in [2.24, 2.45) is 0 Å². The lowest BCUT2D eigenvalue weighted by atomic mass is 10.1. The van der Waals surface area contributed by atoms with Crippen LogP contribution in [0.5, 0.6) is 0 Å². The average molecular weight is 558 g/mol. The molecule has 0 unspecified atom stereocenters. The number of unbranched alkanes of at least 4 members (excludes halogenated alkanes) is 9. The van der Waals surface area contributed by atoms with Gasteiger partial charge in [-0.15, -0.1) is 0 Å². The Balaban J connectivity index is 4.36. The van der Waals surface area contributed by atoms with Crippen molar-refractivity contribution in [2.75, 3.05) is 72.2 Å². The fourth-order valence-corrected chi connectivity index (χ4v) is 4.62. The van der Waals surface area contributed by atoms with E-state index in [1.165, 1.54) is 25.7 Å². The van der Waals surface area contributed by atoms with Gasteiger partial charge >= 0.3 is 12.1 Å². The van der Waals surface area contributed by atoms with E-state index in [4.69, 9.17) is 9.47 Å². The van der Waals surface area contributed by atoms with Crippen LogP contribution in [0.25, 0.3) is 0 Å². The number of hydrogen-bond acceptors (Lipinski definition) is 7. The van der Waals surface area contributed by atoms with E-state index in [0.717, 1.165) is 84.0 Å². The first-order valence-corrected chi connectivity index (χ1v) is 16.1. The summed E-state index contributed by atoms with van der Waals surface area (Å²) < 4.78 is 11.0. The molecule has 39 heavy (non-hydrogen) atoms. The molecule has 0 spiro atoms. The monoisotopic (exact) mass is 557 g/mol. The summed E-state index contributed by atoms with van der Waals surface area (Å²) in [6.45, 7) is 16.3. The van der Waals surface area contributed by atoms with E-state index in [-0.39, 0.29) is 18.7 Å². The first kappa shape index (κ1) is 37.6. The fourth-order valence-electron chi connectivity index (χ4n) is 4.62. The van der Waals surface area contributed by atoms with Gasteiger partial charge in [-0.1, -0.05) is 79.1 Å². The minimum Gasteiger partial charge on any atom is -0.466 e. The Labute approximate surface area is 240 Å². The second kappa shape index (κ2) is 28.2. The van der Waals surface area contributed by atoms with Gasteiger partial charge in [0.1, 0.15) is 6.61 Å². The van der Waals surface area contributed by atoms with Gasteiger partial charge in [0.15, 0.2) is 0 Å². The molecule has 0 aliphatic heterocycles. The Kier molecular flexibility index (Phi) is 27.2. The van der Waals surface area contributed by atoms with Gasteiger partial charge in [0.05, 0.1) is 13.2 Å². The molecule has 0 heterocycles. The van der Waals surface area contributed by atoms with Gasteiger partial charge in [-0.05, 0) is 58.3 Å². The third-order valence-corrected chi connectivity index (χ3v) is 7.25. The van der Waals surface area contributed by atoms with Crippen LogP contribution >= 0.6 is 0 Å². The molecule has 8 heteroatoms. The van der Waals surface area contributed by atoms with Crippen LogP contribution in [0.2, 0.25) is 0 Å². The number of aliphatic hydroxyl groups excluding tert-OH is 1. The number of ether oxygens (including phenoxy) is 2. The van der Waals surface area contributed by atoms with Crippen LogP contribution < -0.4 is 0 Å². The quantitative estimate of drug-likeness (QED) is 0.0918. The zero-order valence-electron chi connectivity index (χ0n) is 26.1. The molecular weight excluding hydrogens is 494 g/mol. The molecule has 0 aromatic carbocycles. The van der Waals surface area contributed by atoms with Gasteiger partial charge in [0.25, 0.3) is 0 Å².